The predicted molar refractivity (Wildman–Crippen MR) is 118 cm³/mol. The molecule has 0 bridgehead atoms. The molecule has 0 unspecified atom stereocenters. The standard InChI is InChI=1S/C24H23N3O3/c1-3-30-21-14-8-18(9-15-21)16-25-27-23(28)19-10-12-20(13-11-19)26-24(29)22-7-5-4-6-17(22)2/h4-16H,3H2,1-2H3,(H,26,29)(H,27,28). The molecule has 30 heavy (non-hydrogen) atoms. The Labute approximate surface area is 175 Å². The summed E-state index contributed by atoms with van der Waals surface area (Å²) in [5, 5.41) is 6.81. The summed E-state index contributed by atoms with van der Waals surface area (Å²) in [5.74, 6) is 0.257. The lowest BCUT2D eigenvalue weighted by Gasteiger charge is -2.08. The van der Waals surface area contributed by atoms with Gasteiger partial charge in [-0.05, 0) is 79.6 Å². The van der Waals surface area contributed by atoms with E-state index in [9.17, 15) is 9.59 Å². The molecule has 0 fully saturated rings. The summed E-state index contributed by atoms with van der Waals surface area (Å²) in [6.07, 6.45) is 1.56. The Bertz CT molecular complexity index is 1040. The molecule has 0 aliphatic carbocycles. The molecule has 3 rings (SSSR count). The van der Waals surface area contributed by atoms with Crippen LogP contribution in [0.5, 0.6) is 5.75 Å². The Kier molecular flexibility index (Phi) is 6.95. The third-order valence-electron chi connectivity index (χ3n) is 4.37. The molecular weight excluding hydrogens is 378 g/mol. The first-order valence-corrected chi connectivity index (χ1v) is 9.60. The molecule has 3 aromatic carbocycles. The van der Waals surface area contributed by atoms with Crippen LogP contribution in [-0.2, 0) is 0 Å². The molecule has 0 aliphatic rings. The average molecular weight is 401 g/mol. The molecular formula is C24H23N3O3. The summed E-state index contributed by atoms with van der Waals surface area (Å²) in [4.78, 5) is 24.6. The van der Waals surface area contributed by atoms with Gasteiger partial charge in [0.25, 0.3) is 11.8 Å². The minimum Gasteiger partial charge on any atom is -0.494 e. The van der Waals surface area contributed by atoms with E-state index < -0.39 is 0 Å². The van der Waals surface area contributed by atoms with E-state index in [2.05, 4.69) is 15.8 Å². The topological polar surface area (TPSA) is 79.8 Å². The molecule has 2 N–H and O–H groups in total. The average Bonchev–Trinajstić information content (AvgIpc) is 2.76. The van der Waals surface area contributed by atoms with Crippen LogP contribution in [0.1, 0.15) is 38.8 Å². The summed E-state index contributed by atoms with van der Waals surface area (Å²) in [7, 11) is 0. The fourth-order valence-electron chi connectivity index (χ4n) is 2.78. The molecule has 0 aliphatic heterocycles. The largest absolute Gasteiger partial charge is 0.494 e. The highest BCUT2D eigenvalue weighted by molar-refractivity contribution is 6.05. The highest BCUT2D eigenvalue weighted by atomic mass is 16.5. The lowest BCUT2D eigenvalue weighted by atomic mass is 10.1. The van der Waals surface area contributed by atoms with Crippen LogP contribution in [0.15, 0.2) is 77.9 Å². The van der Waals surface area contributed by atoms with E-state index in [1.807, 2.05) is 56.3 Å². The molecule has 6 nitrogen and oxygen atoms in total. The molecule has 0 heterocycles. The molecule has 0 atom stereocenters. The molecule has 0 radical (unpaired) electrons. The summed E-state index contributed by atoms with van der Waals surface area (Å²) >= 11 is 0. The zero-order valence-corrected chi connectivity index (χ0v) is 16.9. The number of hydrazone groups is 1. The molecule has 6 heteroatoms. The van der Waals surface area contributed by atoms with Gasteiger partial charge in [-0.2, -0.15) is 5.10 Å². The Hall–Kier alpha value is -3.93. The van der Waals surface area contributed by atoms with Gasteiger partial charge in [-0.25, -0.2) is 5.43 Å². The second kappa shape index (κ2) is 10.0. The predicted octanol–water partition coefficient (Wildman–Crippen LogP) is 4.41. The zero-order chi connectivity index (χ0) is 21.3. The van der Waals surface area contributed by atoms with Crippen molar-refractivity contribution in [3.8, 4) is 5.75 Å². The fraction of sp³-hybridized carbons (Fsp3) is 0.125. The number of nitrogens with one attached hydrogen (secondary N) is 2. The maximum atomic E-state index is 12.4. The van der Waals surface area contributed by atoms with Crippen LogP contribution in [0.25, 0.3) is 0 Å². The van der Waals surface area contributed by atoms with Gasteiger partial charge in [-0.15, -0.1) is 0 Å². The Morgan fingerprint density at radius 2 is 1.63 bits per heavy atom. The number of aryl methyl sites for hydroxylation is 1. The fourth-order valence-corrected chi connectivity index (χ4v) is 2.78. The number of rotatable bonds is 7. The number of carbonyl (C=O) groups is 2. The van der Waals surface area contributed by atoms with Crippen molar-refractivity contribution in [2.75, 3.05) is 11.9 Å². The summed E-state index contributed by atoms with van der Waals surface area (Å²) in [5.41, 5.74) is 5.89. The lowest BCUT2D eigenvalue weighted by Crippen LogP contribution is -2.18. The van der Waals surface area contributed by atoms with Crippen LogP contribution < -0.4 is 15.5 Å². The first kappa shape index (κ1) is 20.8. The van der Waals surface area contributed by atoms with Crippen LogP contribution in [0, 0.1) is 6.92 Å². The van der Waals surface area contributed by atoms with Crippen molar-refractivity contribution in [2.45, 2.75) is 13.8 Å². The monoisotopic (exact) mass is 401 g/mol. The molecule has 152 valence electrons. The molecule has 0 saturated carbocycles. The Balaban J connectivity index is 1.55. The molecule has 0 spiro atoms. The molecule has 0 saturated heterocycles. The first-order chi connectivity index (χ1) is 14.6. The normalized spacial score (nSPS) is 10.6. The Morgan fingerprint density at radius 1 is 0.933 bits per heavy atom. The number of ether oxygens (including phenoxy) is 1. The van der Waals surface area contributed by atoms with Crippen molar-refractivity contribution in [3.05, 3.63) is 95.1 Å². The zero-order valence-electron chi connectivity index (χ0n) is 16.9. The lowest BCUT2D eigenvalue weighted by molar-refractivity contribution is 0.0954. The highest BCUT2D eigenvalue weighted by Crippen LogP contribution is 2.14. The van der Waals surface area contributed by atoms with Crippen LogP contribution in [0.3, 0.4) is 0 Å². The van der Waals surface area contributed by atoms with Gasteiger partial charge in [0.15, 0.2) is 0 Å². The van der Waals surface area contributed by atoms with E-state index >= 15 is 0 Å². The minimum absolute atomic E-state index is 0.190. The Morgan fingerprint density at radius 3 is 2.30 bits per heavy atom. The second-order valence-electron chi connectivity index (χ2n) is 6.55. The van der Waals surface area contributed by atoms with E-state index in [1.54, 1.807) is 36.5 Å². The number of hydrogen-bond donors (Lipinski definition) is 2. The van der Waals surface area contributed by atoms with Crippen molar-refractivity contribution >= 4 is 23.7 Å². The third-order valence-corrected chi connectivity index (χ3v) is 4.37. The van der Waals surface area contributed by atoms with E-state index in [0.717, 1.165) is 16.9 Å². The summed E-state index contributed by atoms with van der Waals surface area (Å²) < 4.78 is 5.39. The van der Waals surface area contributed by atoms with Crippen LogP contribution in [-0.4, -0.2) is 24.6 Å². The van der Waals surface area contributed by atoms with E-state index in [0.29, 0.717) is 23.4 Å². The van der Waals surface area contributed by atoms with Gasteiger partial charge < -0.3 is 10.1 Å². The van der Waals surface area contributed by atoms with Gasteiger partial charge in [0, 0.05) is 16.8 Å². The highest BCUT2D eigenvalue weighted by Gasteiger charge is 2.09. The van der Waals surface area contributed by atoms with Gasteiger partial charge >= 0.3 is 0 Å². The van der Waals surface area contributed by atoms with E-state index in [4.69, 9.17) is 4.74 Å². The number of anilines is 1. The van der Waals surface area contributed by atoms with Crippen LogP contribution >= 0.6 is 0 Å². The van der Waals surface area contributed by atoms with Crippen LogP contribution in [0.2, 0.25) is 0 Å². The third kappa shape index (κ3) is 5.54. The van der Waals surface area contributed by atoms with Crippen molar-refractivity contribution in [3.63, 3.8) is 0 Å². The van der Waals surface area contributed by atoms with Gasteiger partial charge in [0.2, 0.25) is 0 Å². The van der Waals surface area contributed by atoms with E-state index in [-0.39, 0.29) is 11.8 Å². The van der Waals surface area contributed by atoms with Gasteiger partial charge in [0.1, 0.15) is 5.75 Å². The van der Waals surface area contributed by atoms with Crippen molar-refractivity contribution < 1.29 is 14.3 Å². The molecule has 0 aromatic heterocycles. The van der Waals surface area contributed by atoms with Crippen molar-refractivity contribution in [2.24, 2.45) is 5.10 Å². The summed E-state index contributed by atoms with van der Waals surface area (Å²) in [6, 6.07) is 21.4. The van der Waals surface area contributed by atoms with Crippen molar-refractivity contribution in [1.82, 2.24) is 5.43 Å². The quantitative estimate of drug-likeness (QED) is 0.455. The number of carbonyl (C=O) groups excluding carboxylic acids is 2. The number of hydrogen-bond acceptors (Lipinski definition) is 4. The van der Waals surface area contributed by atoms with Gasteiger partial charge in [0.05, 0.1) is 12.8 Å². The minimum atomic E-state index is -0.339. The maximum Gasteiger partial charge on any atom is 0.271 e. The molecule has 3 aromatic rings. The second-order valence-corrected chi connectivity index (χ2v) is 6.55. The first-order valence-electron chi connectivity index (χ1n) is 9.60. The van der Waals surface area contributed by atoms with Crippen LogP contribution in [0.4, 0.5) is 5.69 Å². The van der Waals surface area contributed by atoms with E-state index in [1.165, 1.54) is 0 Å². The maximum absolute atomic E-state index is 12.4. The number of nitrogens with zero attached hydrogens (tertiary/aromatic N) is 1. The SMILES string of the molecule is CCOc1ccc(C=NNC(=O)c2ccc(NC(=O)c3ccccc3C)cc2)cc1. The van der Waals surface area contributed by atoms with Gasteiger partial charge in [-0.1, -0.05) is 18.2 Å². The smallest absolute Gasteiger partial charge is 0.271 e. The number of amides is 2. The van der Waals surface area contributed by atoms with Crippen molar-refractivity contribution in [1.29, 1.82) is 0 Å². The summed E-state index contributed by atoms with van der Waals surface area (Å²) in [6.45, 7) is 4.42. The van der Waals surface area contributed by atoms with Gasteiger partial charge in [-0.3, -0.25) is 9.59 Å². The number of benzene rings is 3. The molecule has 2 amide bonds.